The van der Waals surface area contributed by atoms with Crippen LogP contribution in [0.2, 0.25) is 0 Å². The van der Waals surface area contributed by atoms with E-state index < -0.39 is 40.0 Å². The zero-order chi connectivity index (χ0) is 18.2. The first-order valence-corrected chi connectivity index (χ1v) is 9.03. The molecule has 26 heavy (non-hydrogen) atoms. The van der Waals surface area contributed by atoms with E-state index in [1.54, 1.807) is 31.2 Å². The smallest absolute Gasteiger partial charge is 0.548 e. The predicted molar refractivity (Wildman–Crippen MR) is 90.0 cm³/mol. The average Bonchev–Trinajstić information content (AvgIpc) is 2.89. The number of hydrogen-bond donors (Lipinski definition) is 1. The van der Waals surface area contributed by atoms with Gasteiger partial charge in [-0.2, -0.15) is 0 Å². The van der Waals surface area contributed by atoms with Gasteiger partial charge in [0.2, 0.25) is 5.91 Å². The van der Waals surface area contributed by atoms with E-state index in [2.05, 4.69) is 5.32 Å². The Balaban J connectivity index is 0.00000243. The molecule has 3 rings (SSSR count). The summed E-state index contributed by atoms with van der Waals surface area (Å²) in [5, 5.41) is 13.5. The summed E-state index contributed by atoms with van der Waals surface area (Å²) in [5.74, 6) is -1.65. The second kappa shape index (κ2) is 8.81. The van der Waals surface area contributed by atoms with Crippen LogP contribution in [-0.4, -0.2) is 57.4 Å². The number of carbonyl (C=O) groups excluding carboxylic acids is 3. The summed E-state index contributed by atoms with van der Waals surface area (Å²) < 4.78 is 4.48. The third-order valence-electron chi connectivity index (χ3n) is 4.24. The second-order valence-corrected chi connectivity index (χ2v) is 7.99. The van der Waals surface area contributed by atoms with Gasteiger partial charge in [-0.1, -0.05) is 18.2 Å². The largest absolute Gasteiger partial charge is 1.00 e. The van der Waals surface area contributed by atoms with Gasteiger partial charge >= 0.3 is 51.4 Å². The Morgan fingerprint density at radius 2 is 2.04 bits per heavy atom. The number of thioether (sulfide) groups is 1. The molecule has 2 aliphatic heterocycles. The van der Waals surface area contributed by atoms with Crippen molar-refractivity contribution in [2.24, 2.45) is 0 Å². The standard InChI is InChI=1S/C16H17ClN2O5S.K/c1-16(8-17)12(15(22)23)19-13(21)11(14(19)25-16)18-10(20)7-24-9-5-3-2-4-6-9;/h2-6,11-12,14H,7-8H2,1H3,(H,18,20)(H,22,23);/q;+1/p-1/t11-,12+,14+,16+;/m1./s1. The van der Waals surface area contributed by atoms with Gasteiger partial charge in [-0.3, -0.25) is 9.59 Å². The van der Waals surface area contributed by atoms with Gasteiger partial charge in [0, 0.05) is 5.88 Å². The maximum atomic E-state index is 12.3. The van der Waals surface area contributed by atoms with Gasteiger partial charge < -0.3 is 24.9 Å². The molecule has 0 bridgehead atoms. The monoisotopic (exact) mass is 422 g/mol. The van der Waals surface area contributed by atoms with Crippen molar-refractivity contribution < 1.29 is 75.6 Å². The van der Waals surface area contributed by atoms with E-state index in [0.717, 1.165) is 0 Å². The number of halogens is 1. The summed E-state index contributed by atoms with van der Waals surface area (Å²) in [6.07, 6.45) is 0. The molecule has 2 saturated heterocycles. The number of ether oxygens (including phenoxy) is 1. The second-order valence-electron chi connectivity index (χ2n) is 6.07. The molecule has 2 aliphatic rings. The van der Waals surface area contributed by atoms with Crippen LogP contribution in [0, 0.1) is 0 Å². The van der Waals surface area contributed by atoms with E-state index in [1.807, 2.05) is 6.07 Å². The van der Waals surface area contributed by atoms with Gasteiger partial charge in [0.25, 0.3) is 5.91 Å². The quantitative estimate of drug-likeness (QED) is 0.291. The Kier molecular flexibility index (Phi) is 7.45. The number of amides is 2. The predicted octanol–water partition coefficient (Wildman–Crippen LogP) is -3.41. The molecule has 1 aromatic carbocycles. The molecule has 0 unspecified atom stereocenters. The normalized spacial score (nSPS) is 29.2. The Morgan fingerprint density at radius 3 is 2.62 bits per heavy atom. The summed E-state index contributed by atoms with van der Waals surface area (Å²) in [6, 6.07) is 6.92. The fourth-order valence-electron chi connectivity index (χ4n) is 3.00. The first-order valence-electron chi connectivity index (χ1n) is 7.61. The van der Waals surface area contributed by atoms with Crippen molar-refractivity contribution in [3.8, 4) is 5.75 Å². The van der Waals surface area contributed by atoms with Crippen molar-refractivity contribution in [2.75, 3.05) is 12.5 Å². The van der Waals surface area contributed by atoms with Crippen LogP contribution < -0.4 is 66.5 Å². The number of rotatable bonds is 6. The topological polar surface area (TPSA) is 98.8 Å². The first-order chi connectivity index (χ1) is 11.9. The van der Waals surface area contributed by atoms with Crippen LogP contribution in [0.4, 0.5) is 0 Å². The number of carboxylic acids is 1. The fourth-order valence-corrected chi connectivity index (χ4v) is 4.95. The molecule has 0 aromatic heterocycles. The zero-order valence-electron chi connectivity index (χ0n) is 14.3. The minimum absolute atomic E-state index is 0. The number of alkyl halides is 1. The van der Waals surface area contributed by atoms with Crippen molar-refractivity contribution in [1.29, 1.82) is 0 Å². The van der Waals surface area contributed by atoms with Crippen molar-refractivity contribution in [2.45, 2.75) is 29.1 Å². The Bertz CT molecular complexity index is 709. The Morgan fingerprint density at radius 1 is 1.38 bits per heavy atom. The third kappa shape index (κ3) is 4.08. The van der Waals surface area contributed by atoms with E-state index >= 15 is 0 Å². The molecule has 4 atom stereocenters. The van der Waals surface area contributed by atoms with E-state index in [9.17, 15) is 19.5 Å². The van der Waals surface area contributed by atoms with Crippen molar-refractivity contribution in [3.63, 3.8) is 0 Å². The van der Waals surface area contributed by atoms with Gasteiger partial charge in [-0.05, 0) is 19.1 Å². The summed E-state index contributed by atoms with van der Waals surface area (Å²) >= 11 is 7.17. The van der Waals surface area contributed by atoms with Crippen molar-refractivity contribution in [1.82, 2.24) is 10.2 Å². The number of hydrogen-bond acceptors (Lipinski definition) is 6. The molecule has 0 radical (unpaired) electrons. The molecule has 2 fully saturated rings. The number of benzene rings is 1. The molecule has 0 aliphatic carbocycles. The molecular weight excluding hydrogens is 407 g/mol. The van der Waals surface area contributed by atoms with Gasteiger partial charge in [0.1, 0.15) is 17.2 Å². The van der Waals surface area contributed by atoms with Gasteiger partial charge in [-0.25, -0.2) is 0 Å². The van der Waals surface area contributed by atoms with E-state index in [-0.39, 0.29) is 63.9 Å². The fraction of sp³-hybridized carbons (Fsp3) is 0.438. The number of carboxylic acid groups (broad SMARTS) is 1. The van der Waals surface area contributed by atoms with Gasteiger partial charge in [0.05, 0.1) is 16.8 Å². The maximum absolute atomic E-state index is 12.3. The van der Waals surface area contributed by atoms with Crippen LogP contribution in [0.5, 0.6) is 5.75 Å². The summed E-state index contributed by atoms with van der Waals surface area (Å²) in [6.45, 7) is 1.44. The van der Waals surface area contributed by atoms with Crippen molar-refractivity contribution in [3.05, 3.63) is 30.3 Å². The molecule has 0 saturated carbocycles. The molecule has 134 valence electrons. The molecule has 1 N–H and O–H groups in total. The Labute approximate surface area is 202 Å². The molecular formula is C16H16ClKN2O5S. The zero-order valence-corrected chi connectivity index (χ0v) is 19.0. The van der Waals surface area contributed by atoms with Crippen LogP contribution in [0.25, 0.3) is 0 Å². The first kappa shape index (κ1) is 22.0. The molecule has 2 amide bonds. The summed E-state index contributed by atoms with van der Waals surface area (Å²) in [4.78, 5) is 37.0. The molecule has 0 spiro atoms. The average molecular weight is 423 g/mol. The molecule has 1 aromatic rings. The van der Waals surface area contributed by atoms with Gasteiger partial charge in [0.15, 0.2) is 6.61 Å². The minimum Gasteiger partial charge on any atom is -0.548 e. The Hall–Kier alpha value is -0.294. The number of para-hydroxylation sites is 1. The van der Waals surface area contributed by atoms with Crippen LogP contribution >= 0.6 is 23.4 Å². The van der Waals surface area contributed by atoms with Crippen LogP contribution in [0.1, 0.15) is 6.92 Å². The van der Waals surface area contributed by atoms with Crippen LogP contribution in [0.3, 0.4) is 0 Å². The molecule has 7 nitrogen and oxygen atoms in total. The minimum atomic E-state index is -1.34. The van der Waals surface area contributed by atoms with Crippen LogP contribution in [-0.2, 0) is 14.4 Å². The maximum Gasteiger partial charge on any atom is 1.00 e. The summed E-state index contributed by atoms with van der Waals surface area (Å²) in [5.41, 5.74) is 0. The van der Waals surface area contributed by atoms with E-state index in [1.165, 1.54) is 16.7 Å². The molecule has 10 heteroatoms. The van der Waals surface area contributed by atoms with E-state index in [0.29, 0.717) is 5.75 Å². The number of nitrogens with one attached hydrogen (secondary N) is 1. The van der Waals surface area contributed by atoms with Crippen molar-refractivity contribution >= 4 is 41.1 Å². The summed E-state index contributed by atoms with van der Waals surface area (Å²) in [7, 11) is 0. The SMILES string of the molecule is C[C@@]1(CCl)S[C@H]2[C@H](NC(=O)COc3ccccc3)C(=O)N2[C@H]1C(=O)[O-].[K+]. The third-order valence-corrected chi connectivity index (χ3v) is 6.61. The molecule has 2 heterocycles. The number of fused-ring (bicyclic) bond motifs is 1. The number of β-lactam (4-membered cyclic amide) rings is 1. The number of nitrogens with zero attached hydrogens (tertiary/aromatic N) is 1. The number of carbonyl (C=O) groups is 3. The van der Waals surface area contributed by atoms with Gasteiger partial charge in [-0.15, -0.1) is 23.4 Å². The van der Waals surface area contributed by atoms with Crippen LogP contribution in [0.15, 0.2) is 30.3 Å². The number of aliphatic carboxylic acids is 1. The van der Waals surface area contributed by atoms with E-state index in [4.69, 9.17) is 16.3 Å².